The molecule has 2 atom stereocenters. The van der Waals surface area contributed by atoms with E-state index in [1.807, 2.05) is 13.8 Å². The van der Waals surface area contributed by atoms with Crippen LogP contribution >= 0.6 is 0 Å². The molecule has 17 heavy (non-hydrogen) atoms. The molecule has 1 fully saturated rings. The first-order chi connectivity index (χ1) is 7.94. The first kappa shape index (κ1) is 14.5. The maximum Gasteiger partial charge on any atom is 0.220 e. The number of hydrogen-bond acceptors (Lipinski definition) is 3. The molecular weight excluding hydrogens is 216 g/mol. The summed E-state index contributed by atoms with van der Waals surface area (Å²) in [7, 11) is 0. The van der Waals surface area contributed by atoms with E-state index in [0.29, 0.717) is 18.3 Å². The number of carbonyl (C=O) groups excluding carboxylic acids is 1. The van der Waals surface area contributed by atoms with E-state index in [2.05, 4.69) is 17.6 Å². The molecule has 0 aliphatic carbocycles. The number of piperidine rings is 1. The molecule has 2 unspecified atom stereocenters. The summed E-state index contributed by atoms with van der Waals surface area (Å²) in [5.41, 5.74) is -0.512. The second-order valence-corrected chi connectivity index (χ2v) is 5.88. The zero-order valence-corrected chi connectivity index (χ0v) is 11.3. The Hall–Kier alpha value is -0.610. The fraction of sp³-hybridized carbons (Fsp3) is 0.923. The molecule has 0 spiro atoms. The van der Waals surface area contributed by atoms with Crippen LogP contribution in [0, 0.1) is 11.8 Å². The Labute approximate surface area is 104 Å². The lowest BCUT2D eigenvalue weighted by atomic mass is 9.85. The number of nitrogens with one attached hydrogen (secondary N) is 2. The summed E-state index contributed by atoms with van der Waals surface area (Å²) in [6.07, 6.45) is 2.97. The van der Waals surface area contributed by atoms with Crippen LogP contribution in [0.25, 0.3) is 0 Å². The van der Waals surface area contributed by atoms with Crippen LogP contribution in [0.5, 0.6) is 0 Å². The number of carbonyl (C=O) groups is 1. The van der Waals surface area contributed by atoms with E-state index in [1.165, 1.54) is 12.8 Å². The van der Waals surface area contributed by atoms with Crippen molar-refractivity contribution in [2.24, 2.45) is 11.8 Å². The normalized spacial score (nSPS) is 23.2. The maximum absolute atomic E-state index is 11.8. The van der Waals surface area contributed by atoms with E-state index < -0.39 is 5.54 Å². The highest BCUT2D eigenvalue weighted by molar-refractivity contribution is 5.76. The van der Waals surface area contributed by atoms with E-state index >= 15 is 0 Å². The van der Waals surface area contributed by atoms with Crippen molar-refractivity contribution in [1.29, 1.82) is 0 Å². The van der Waals surface area contributed by atoms with Gasteiger partial charge in [0.1, 0.15) is 0 Å². The van der Waals surface area contributed by atoms with Gasteiger partial charge >= 0.3 is 0 Å². The minimum Gasteiger partial charge on any atom is -0.394 e. The summed E-state index contributed by atoms with van der Waals surface area (Å²) < 4.78 is 0. The molecule has 0 radical (unpaired) electrons. The zero-order valence-electron chi connectivity index (χ0n) is 11.3. The fourth-order valence-electron chi connectivity index (χ4n) is 2.29. The van der Waals surface area contributed by atoms with Gasteiger partial charge in [0.05, 0.1) is 12.1 Å². The summed E-state index contributed by atoms with van der Waals surface area (Å²) >= 11 is 0. The van der Waals surface area contributed by atoms with Crippen LogP contribution in [0.15, 0.2) is 0 Å². The van der Waals surface area contributed by atoms with Gasteiger partial charge in [-0.3, -0.25) is 4.79 Å². The summed E-state index contributed by atoms with van der Waals surface area (Å²) in [6.45, 7) is 7.90. The van der Waals surface area contributed by atoms with Crippen LogP contribution in [0.4, 0.5) is 0 Å². The molecule has 0 aromatic rings. The van der Waals surface area contributed by atoms with Gasteiger partial charge in [-0.05, 0) is 51.6 Å². The molecule has 1 aliphatic heterocycles. The molecular formula is C13H26N2O2. The minimum atomic E-state index is -0.512. The maximum atomic E-state index is 11.8. The molecule has 0 aromatic carbocycles. The van der Waals surface area contributed by atoms with E-state index in [9.17, 15) is 4.79 Å². The van der Waals surface area contributed by atoms with Crippen LogP contribution < -0.4 is 10.6 Å². The van der Waals surface area contributed by atoms with Gasteiger partial charge in [-0.15, -0.1) is 0 Å². The highest BCUT2D eigenvalue weighted by atomic mass is 16.3. The first-order valence-corrected chi connectivity index (χ1v) is 6.57. The van der Waals surface area contributed by atoms with Crippen molar-refractivity contribution in [2.45, 2.75) is 45.6 Å². The van der Waals surface area contributed by atoms with Crippen molar-refractivity contribution in [3.05, 3.63) is 0 Å². The number of hydrogen-bond donors (Lipinski definition) is 3. The number of amides is 1. The van der Waals surface area contributed by atoms with Crippen molar-refractivity contribution < 1.29 is 9.90 Å². The van der Waals surface area contributed by atoms with Crippen molar-refractivity contribution in [3.63, 3.8) is 0 Å². The van der Waals surface area contributed by atoms with Gasteiger partial charge in [0.15, 0.2) is 0 Å². The predicted octanol–water partition coefficient (Wildman–Crippen LogP) is 0.899. The Kier molecular flexibility index (Phi) is 5.40. The average molecular weight is 242 g/mol. The Morgan fingerprint density at radius 3 is 2.82 bits per heavy atom. The lowest BCUT2D eigenvalue weighted by Gasteiger charge is -2.29. The summed E-state index contributed by atoms with van der Waals surface area (Å²) in [4.78, 5) is 11.8. The third-order valence-corrected chi connectivity index (χ3v) is 3.52. The highest BCUT2D eigenvalue weighted by Gasteiger charge is 2.24. The Morgan fingerprint density at radius 1 is 1.59 bits per heavy atom. The van der Waals surface area contributed by atoms with Gasteiger partial charge < -0.3 is 15.7 Å². The first-order valence-electron chi connectivity index (χ1n) is 6.57. The second kappa shape index (κ2) is 6.36. The molecule has 1 rings (SSSR count). The van der Waals surface area contributed by atoms with Crippen LogP contribution in [-0.2, 0) is 4.79 Å². The Balaban J connectivity index is 2.34. The zero-order chi connectivity index (χ0) is 12.9. The van der Waals surface area contributed by atoms with Gasteiger partial charge in [-0.1, -0.05) is 6.92 Å². The Morgan fingerprint density at radius 2 is 2.29 bits per heavy atom. The van der Waals surface area contributed by atoms with E-state index in [0.717, 1.165) is 13.1 Å². The number of aliphatic hydroxyl groups excluding tert-OH is 1. The van der Waals surface area contributed by atoms with Gasteiger partial charge in [-0.25, -0.2) is 0 Å². The molecule has 0 saturated carbocycles. The molecule has 1 heterocycles. The van der Waals surface area contributed by atoms with Gasteiger partial charge in [0.2, 0.25) is 5.91 Å². The van der Waals surface area contributed by atoms with Crippen molar-refractivity contribution >= 4 is 5.91 Å². The second-order valence-electron chi connectivity index (χ2n) is 5.88. The summed E-state index contributed by atoms with van der Waals surface area (Å²) in [6, 6.07) is 0. The van der Waals surface area contributed by atoms with Crippen molar-refractivity contribution in [2.75, 3.05) is 19.7 Å². The van der Waals surface area contributed by atoms with Gasteiger partial charge in [0, 0.05) is 6.42 Å². The summed E-state index contributed by atoms with van der Waals surface area (Å²) in [5.74, 6) is 1.05. The van der Waals surface area contributed by atoms with Crippen LogP contribution in [-0.4, -0.2) is 36.2 Å². The van der Waals surface area contributed by atoms with E-state index in [-0.39, 0.29) is 12.5 Å². The molecule has 1 saturated heterocycles. The minimum absolute atomic E-state index is 0.0297. The monoisotopic (exact) mass is 242 g/mol. The molecule has 1 aliphatic rings. The molecule has 100 valence electrons. The standard InChI is InChI=1S/C13H26N2O2/c1-10(11-5-4-6-14-8-11)7-12(17)15-13(2,3)9-16/h10-11,14,16H,4-9H2,1-3H3,(H,15,17). The molecule has 0 aromatic heterocycles. The predicted molar refractivity (Wildman–Crippen MR) is 68.7 cm³/mol. The van der Waals surface area contributed by atoms with Gasteiger partial charge in [-0.2, -0.15) is 0 Å². The summed E-state index contributed by atoms with van der Waals surface area (Å²) in [5, 5.41) is 15.3. The van der Waals surface area contributed by atoms with E-state index in [4.69, 9.17) is 5.11 Å². The topological polar surface area (TPSA) is 61.4 Å². The van der Waals surface area contributed by atoms with Gasteiger partial charge in [0.25, 0.3) is 0 Å². The molecule has 4 heteroatoms. The van der Waals surface area contributed by atoms with Crippen molar-refractivity contribution in [3.8, 4) is 0 Å². The van der Waals surface area contributed by atoms with Crippen LogP contribution in [0.1, 0.15) is 40.0 Å². The average Bonchev–Trinajstić information content (AvgIpc) is 2.29. The molecule has 0 bridgehead atoms. The van der Waals surface area contributed by atoms with Crippen LogP contribution in [0.2, 0.25) is 0 Å². The Bertz CT molecular complexity index is 248. The van der Waals surface area contributed by atoms with Crippen LogP contribution in [0.3, 0.4) is 0 Å². The third kappa shape index (κ3) is 5.04. The SMILES string of the molecule is CC(CC(=O)NC(C)(C)CO)C1CCCNC1. The smallest absolute Gasteiger partial charge is 0.220 e. The lowest BCUT2D eigenvalue weighted by Crippen LogP contribution is -2.47. The number of aliphatic hydroxyl groups is 1. The molecule has 4 nitrogen and oxygen atoms in total. The lowest BCUT2D eigenvalue weighted by molar-refractivity contribution is -0.124. The van der Waals surface area contributed by atoms with Crippen molar-refractivity contribution in [1.82, 2.24) is 10.6 Å². The largest absolute Gasteiger partial charge is 0.394 e. The third-order valence-electron chi connectivity index (χ3n) is 3.52. The fourth-order valence-corrected chi connectivity index (χ4v) is 2.29. The highest BCUT2D eigenvalue weighted by Crippen LogP contribution is 2.22. The van der Waals surface area contributed by atoms with E-state index in [1.54, 1.807) is 0 Å². The number of rotatable bonds is 5. The quantitative estimate of drug-likeness (QED) is 0.671. The molecule has 1 amide bonds. The molecule has 3 N–H and O–H groups in total.